The quantitative estimate of drug-likeness (QED) is 0.658. The first-order valence-electron chi connectivity index (χ1n) is 6.84. The molecule has 16 heavy (non-hydrogen) atoms. The summed E-state index contributed by atoms with van der Waals surface area (Å²) in [6.07, 6.45) is 3.81. The third-order valence-corrected chi connectivity index (χ3v) is 2.90. The van der Waals surface area contributed by atoms with Crippen LogP contribution in [-0.4, -0.2) is 24.5 Å². The highest BCUT2D eigenvalue weighted by atomic mass is 15.1. The maximum atomic E-state index is 3.21. The van der Waals surface area contributed by atoms with Crippen LogP contribution in [0, 0.1) is 23.7 Å². The van der Waals surface area contributed by atoms with Crippen LogP contribution in [0.1, 0.15) is 53.9 Å². The second kappa shape index (κ2) is 9.73. The van der Waals surface area contributed by atoms with Gasteiger partial charge in [0.1, 0.15) is 0 Å². The van der Waals surface area contributed by atoms with E-state index in [1.807, 2.05) is 20.8 Å². The Morgan fingerprint density at radius 1 is 1.19 bits per heavy atom. The van der Waals surface area contributed by atoms with Gasteiger partial charge in [0, 0.05) is 13.0 Å². The lowest BCUT2D eigenvalue weighted by molar-refractivity contribution is 0.169. The molecule has 1 heterocycles. The van der Waals surface area contributed by atoms with Gasteiger partial charge < -0.3 is 4.90 Å². The fourth-order valence-corrected chi connectivity index (χ4v) is 2.14. The average molecular weight is 223 g/mol. The summed E-state index contributed by atoms with van der Waals surface area (Å²) in [4.78, 5) is 2.60. The molecule has 0 saturated carbocycles. The molecule has 1 saturated heterocycles. The van der Waals surface area contributed by atoms with Gasteiger partial charge in [-0.15, -0.1) is 11.8 Å². The highest BCUT2D eigenvalue weighted by molar-refractivity contribution is 4.97. The van der Waals surface area contributed by atoms with Crippen molar-refractivity contribution in [1.29, 1.82) is 0 Å². The molecule has 0 aromatic heterocycles. The topological polar surface area (TPSA) is 3.24 Å². The van der Waals surface area contributed by atoms with E-state index in [1.165, 1.54) is 32.5 Å². The van der Waals surface area contributed by atoms with Crippen molar-refractivity contribution in [3.05, 3.63) is 0 Å². The van der Waals surface area contributed by atoms with Crippen LogP contribution in [0.25, 0.3) is 0 Å². The predicted molar refractivity (Wildman–Crippen MR) is 73.4 cm³/mol. The molecule has 0 bridgehead atoms. The van der Waals surface area contributed by atoms with Crippen molar-refractivity contribution in [2.75, 3.05) is 19.6 Å². The van der Waals surface area contributed by atoms with E-state index in [2.05, 4.69) is 30.6 Å². The lowest BCUT2D eigenvalue weighted by Gasteiger charge is -2.32. The van der Waals surface area contributed by atoms with Gasteiger partial charge in [-0.25, -0.2) is 0 Å². The molecule has 0 N–H and O–H groups in total. The number of hydrogen-bond donors (Lipinski definition) is 0. The smallest absolute Gasteiger partial charge is 0.0118 e. The lowest BCUT2D eigenvalue weighted by Crippen LogP contribution is -2.36. The molecule has 0 radical (unpaired) electrons. The van der Waals surface area contributed by atoms with Crippen LogP contribution in [0.2, 0.25) is 0 Å². The maximum absolute atomic E-state index is 3.21. The van der Waals surface area contributed by atoms with Gasteiger partial charge in [0.2, 0.25) is 0 Å². The Balaban J connectivity index is 0.00000106. The van der Waals surface area contributed by atoms with E-state index in [9.17, 15) is 0 Å². The standard InChI is InChI=1S/C13H23N.C2H6/c1-4-5-6-13-7-9-14(10-8-13)11-12(2)3;1-2/h12-13H,6-11H2,1-3H3;1-2H3. The second-order valence-electron chi connectivity index (χ2n) is 4.77. The summed E-state index contributed by atoms with van der Waals surface area (Å²) in [7, 11) is 0. The number of nitrogens with zero attached hydrogens (tertiary/aromatic N) is 1. The molecule has 1 fully saturated rings. The molecule has 0 aromatic rings. The number of likely N-dealkylation sites (tertiary alicyclic amines) is 1. The van der Waals surface area contributed by atoms with E-state index in [1.54, 1.807) is 0 Å². The summed E-state index contributed by atoms with van der Waals surface area (Å²) < 4.78 is 0. The molecule has 1 aliphatic heterocycles. The normalized spacial score (nSPS) is 17.4. The minimum Gasteiger partial charge on any atom is -0.303 e. The number of rotatable bonds is 3. The van der Waals surface area contributed by atoms with Gasteiger partial charge >= 0.3 is 0 Å². The van der Waals surface area contributed by atoms with E-state index < -0.39 is 0 Å². The zero-order valence-corrected chi connectivity index (χ0v) is 11.8. The van der Waals surface area contributed by atoms with Crippen molar-refractivity contribution in [1.82, 2.24) is 4.90 Å². The van der Waals surface area contributed by atoms with Gasteiger partial charge in [0.05, 0.1) is 0 Å². The molecule has 94 valence electrons. The molecule has 0 aliphatic carbocycles. The predicted octanol–water partition coefficient (Wildman–Crippen LogP) is 3.79. The third-order valence-electron chi connectivity index (χ3n) is 2.90. The van der Waals surface area contributed by atoms with Gasteiger partial charge in [-0.1, -0.05) is 27.7 Å². The zero-order chi connectivity index (χ0) is 12.4. The van der Waals surface area contributed by atoms with Crippen LogP contribution in [0.4, 0.5) is 0 Å². The van der Waals surface area contributed by atoms with Crippen LogP contribution in [-0.2, 0) is 0 Å². The van der Waals surface area contributed by atoms with Gasteiger partial charge in [0.25, 0.3) is 0 Å². The highest BCUT2D eigenvalue weighted by Gasteiger charge is 2.18. The molecule has 0 atom stereocenters. The number of piperidine rings is 1. The summed E-state index contributed by atoms with van der Waals surface area (Å²) >= 11 is 0. The van der Waals surface area contributed by atoms with Gasteiger partial charge in [0.15, 0.2) is 0 Å². The number of hydrogen-bond acceptors (Lipinski definition) is 1. The summed E-state index contributed by atoms with van der Waals surface area (Å²) in [6.45, 7) is 14.4. The van der Waals surface area contributed by atoms with Gasteiger partial charge in [-0.05, 0) is 44.7 Å². The van der Waals surface area contributed by atoms with Crippen molar-refractivity contribution in [3.8, 4) is 11.8 Å². The van der Waals surface area contributed by atoms with Crippen molar-refractivity contribution >= 4 is 0 Å². The van der Waals surface area contributed by atoms with E-state index in [0.29, 0.717) is 0 Å². The Hall–Kier alpha value is -0.480. The molecular formula is C15H29N. The van der Waals surface area contributed by atoms with Crippen LogP contribution < -0.4 is 0 Å². The Bertz CT molecular complexity index is 201. The van der Waals surface area contributed by atoms with Gasteiger partial charge in [-0.3, -0.25) is 0 Å². The van der Waals surface area contributed by atoms with E-state index in [-0.39, 0.29) is 0 Å². The summed E-state index contributed by atoms with van der Waals surface area (Å²) in [5, 5.41) is 0. The fraction of sp³-hybridized carbons (Fsp3) is 0.867. The lowest BCUT2D eigenvalue weighted by atomic mass is 9.93. The van der Waals surface area contributed by atoms with Crippen LogP contribution >= 0.6 is 0 Å². The van der Waals surface area contributed by atoms with Crippen LogP contribution in [0.5, 0.6) is 0 Å². The van der Waals surface area contributed by atoms with Crippen molar-refractivity contribution < 1.29 is 0 Å². The molecule has 1 rings (SSSR count). The Morgan fingerprint density at radius 3 is 2.19 bits per heavy atom. The molecule has 0 amide bonds. The maximum Gasteiger partial charge on any atom is 0.0118 e. The fourth-order valence-electron chi connectivity index (χ4n) is 2.14. The molecule has 0 spiro atoms. The summed E-state index contributed by atoms with van der Waals surface area (Å²) in [5.41, 5.74) is 0. The first-order valence-corrected chi connectivity index (χ1v) is 6.84. The van der Waals surface area contributed by atoms with E-state index in [0.717, 1.165) is 18.3 Å². The molecule has 1 nitrogen and oxygen atoms in total. The molecule has 1 aliphatic rings. The first-order chi connectivity index (χ1) is 7.72. The van der Waals surface area contributed by atoms with Crippen LogP contribution in [0.15, 0.2) is 0 Å². The molecule has 0 aromatic carbocycles. The first kappa shape index (κ1) is 15.5. The van der Waals surface area contributed by atoms with Crippen molar-refractivity contribution in [3.63, 3.8) is 0 Å². The highest BCUT2D eigenvalue weighted by Crippen LogP contribution is 2.20. The van der Waals surface area contributed by atoms with Gasteiger partial charge in [-0.2, -0.15) is 0 Å². The SMILES string of the molecule is CC.CC#CCC1CCN(CC(C)C)CC1. The largest absolute Gasteiger partial charge is 0.303 e. The zero-order valence-electron chi connectivity index (χ0n) is 11.8. The molecule has 1 heteroatoms. The summed E-state index contributed by atoms with van der Waals surface area (Å²) in [5.74, 6) is 7.87. The Kier molecular flexibility index (Phi) is 9.43. The second-order valence-corrected chi connectivity index (χ2v) is 4.77. The summed E-state index contributed by atoms with van der Waals surface area (Å²) in [6, 6.07) is 0. The monoisotopic (exact) mass is 223 g/mol. The molecule has 0 unspecified atom stereocenters. The van der Waals surface area contributed by atoms with Crippen molar-refractivity contribution in [2.24, 2.45) is 11.8 Å². The van der Waals surface area contributed by atoms with Crippen molar-refractivity contribution in [2.45, 2.75) is 53.9 Å². The minimum atomic E-state index is 0.807. The Labute approximate surface area is 103 Å². The third kappa shape index (κ3) is 6.90. The van der Waals surface area contributed by atoms with E-state index >= 15 is 0 Å². The minimum absolute atomic E-state index is 0.807. The average Bonchev–Trinajstić information content (AvgIpc) is 2.30. The molecular weight excluding hydrogens is 194 g/mol. The Morgan fingerprint density at radius 2 is 1.75 bits per heavy atom. The van der Waals surface area contributed by atoms with E-state index in [4.69, 9.17) is 0 Å². The van der Waals surface area contributed by atoms with Crippen LogP contribution in [0.3, 0.4) is 0 Å².